The van der Waals surface area contributed by atoms with Crippen molar-refractivity contribution in [2.75, 3.05) is 26.5 Å². The number of nitrogens with zero attached hydrogens (tertiary/aromatic N) is 5. The monoisotopic (exact) mass is 468 g/mol. The van der Waals surface area contributed by atoms with E-state index in [0.717, 1.165) is 6.20 Å². The van der Waals surface area contributed by atoms with Gasteiger partial charge in [0.05, 0.1) is 29.5 Å². The highest BCUT2D eigenvalue weighted by Gasteiger charge is 2.41. The number of aromatic nitrogens is 4. The van der Waals surface area contributed by atoms with E-state index >= 15 is 0 Å². The van der Waals surface area contributed by atoms with E-state index in [2.05, 4.69) is 20.6 Å². The van der Waals surface area contributed by atoms with Gasteiger partial charge in [0.2, 0.25) is 5.88 Å². The Balaban J connectivity index is 1.94. The van der Waals surface area contributed by atoms with Gasteiger partial charge in [-0.2, -0.15) is 18.3 Å². The lowest BCUT2D eigenvalue weighted by atomic mass is 10.1. The summed E-state index contributed by atoms with van der Waals surface area (Å²) in [5, 5.41) is 13.3. The number of rotatable bonds is 5. The molecule has 1 aromatic carbocycles. The maximum atomic E-state index is 13.8. The second-order valence-electron chi connectivity index (χ2n) is 6.60. The summed E-state index contributed by atoms with van der Waals surface area (Å²) in [6.07, 6.45) is -4.15. The lowest BCUT2D eigenvalue weighted by Crippen LogP contribution is -2.22. The molecule has 0 aliphatic carbocycles. The molecule has 0 atom stereocenters. The lowest BCUT2D eigenvalue weighted by molar-refractivity contribution is -0.143. The number of carbonyl (C=O) groups excluding carboxylic acids is 2. The number of hydrogen-bond acceptors (Lipinski definition) is 6. The van der Waals surface area contributed by atoms with Crippen LogP contribution >= 0.6 is 11.6 Å². The zero-order valence-corrected chi connectivity index (χ0v) is 17.7. The van der Waals surface area contributed by atoms with Gasteiger partial charge in [-0.3, -0.25) is 9.59 Å². The van der Waals surface area contributed by atoms with Gasteiger partial charge in [0.15, 0.2) is 11.5 Å². The van der Waals surface area contributed by atoms with Gasteiger partial charge in [0.1, 0.15) is 0 Å². The molecule has 0 radical (unpaired) electrons. The molecule has 2 heterocycles. The minimum Gasteiger partial charge on any atom is -0.480 e. The van der Waals surface area contributed by atoms with E-state index in [9.17, 15) is 22.8 Å². The number of amides is 2. The Hall–Kier alpha value is -3.67. The van der Waals surface area contributed by atoms with E-state index in [4.69, 9.17) is 16.3 Å². The van der Waals surface area contributed by atoms with Crippen LogP contribution in [0.2, 0.25) is 5.02 Å². The summed E-state index contributed by atoms with van der Waals surface area (Å²) in [6, 6.07) is 6.51. The number of nitrogens with one attached hydrogen (secondary N) is 1. The molecule has 0 saturated heterocycles. The van der Waals surface area contributed by atoms with Gasteiger partial charge in [-0.1, -0.05) is 11.6 Å². The number of benzene rings is 1. The zero-order valence-electron chi connectivity index (χ0n) is 16.9. The normalized spacial score (nSPS) is 11.2. The van der Waals surface area contributed by atoms with Crippen LogP contribution in [0.4, 0.5) is 18.9 Å². The van der Waals surface area contributed by atoms with E-state index in [0.29, 0.717) is 4.68 Å². The molecule has 0 aliphatic rings. The molecule has 0 aliphatic heterocycles. The van der Waals surface area contributed by atoms with Crippen molar-refractivity contribution in [1.29, 1.82) is 0 Å². The molecule has 0 unspecified atom stereocenters. The summed E-state index contributed by atoms with van der Waals surface area (Å²) >= 11 is 6.09. The summed E-state index contributed by atoms with van der Waals surface area (Å²) in [4.78, 5) is 26.0. The Bertz CT molecular complexity index is 1160. The summed E-state index contributed by atoms with van der Waals surface area (Å²) in [5.74, 6) is -1.60. The summed E-state index contributed by atoms with van der Waals surface area (Å²) in [6.45, 7) is 0. The van der Waals surface area contributed by atoms with Crippen molar-refractivity contribution < 1.29 is 27.5 Å². The molecule has 1 N–H and O–H groups in total. The minimum absolute atomic E-state index is 0.0294. The molecule has 0 spiro atoms. The van der Waals surface area contributed by atoms with E-state index < -0.39 is 23.3 Å². The van der Waals surface area contributed by atoms with E-state index in [1.54, 1.807) is 0 Å². The number of anilines is 1. The third-order valence-electron chi connectivity index (χ3n) is 4.20. The predicted octanol–water partition coefficient (Wildman–Crippen LogP) is 3.30. The fraction of sp³-hybridized carbons (Fsp3) is 0.211. The van der Waals surface area contributed by atoms with Crippen LogP contribution in [0.25, 0.3) is 5.82 Å². The average Bonchev–Trinajstić information content (AvgIpc) is 3.19. The first-order valence-corrected chi connectivity index (χ1v) is 9.26. The summed E-state index contributed by atoms with van der Waals surface area (Å²) in [5.41, 5.74) is -1.79. The van der Waals surface area contributed by atoms with Gasteiger partial charge in [0.25, 0.3) is 11.8 Å². The second-order valence-corrected chi connectivity index (χ2v) is 7.01. The van der Waals surface area contributed by atoms with Gasteiger partial charge in [-0.25, -0.2) is 4.68 Å². The molecule has 168 valence electrons. The average molecular weight is 469 g/mol. The Morgan fingerprint density at radius 1 is 1.12 bits per heavy atom. The highest BCUT2D eigenvalue weighted by atomic mass is 35.5. The van der Waals surface area contributed by atoms with Gasteiger partial charge in [-0.05, 0) is 24.3 Å². The van der Waals surface area contributed by atoms with Crippen molar-refractivity contribution in [3.05, 3.63) is 58.4 Å². The Kier molecular flexibility index (Phi) is 6.35. The third kappa shape index (κ3) is 4.64. The number of ether oxygens (including phenoxy) is 1. The smallest absolute Gasteiger partial charge is 0.434 e. The van der Waals surface area contributed by atoms with Crippen LogP contribution in [-0.2, 0) is 6.18 Å². The fourth-order valence-electron chi connectivity index (χ4n) is 2.70. The van der Waals surface area contributed by atoms with Crippen LogP contribution in [0.15, 0.2) is 36.5 Å². The Labute approximate surface area is 184 Å². The molecule has 3 aromatic rings. The van der Waals surface area contributed by atoms with Crippen molar-refractivity contribution in [1.82, 2.24) is 24.9 Å². The number of carbonyl (C=O) groups is 2. The zero-order chi connectivity index (χ0) is 23.6. The number of alkyl halides is 3. The van der Waals surface area contributed by atoms with Crippen LogP contribution in [0.3, 0.4) is 0 Å². The van der Waals surface area contributed by atoms with E-state index in [1.165, 1.54) is 56.4 Å². The first kappa shape index (κ1) is 23.0. The molecule has 13 heteroatoms. The molecule has 0 bridgehead atoms. The van der Waals surface area contributed by atoms with Crippen LogP contribution < -0.4 is 10.1 Å². The lowest BCUT2D eigenvalue weighted by Gasteiger charge is -2.14. The molecule has 32 heavy (non-hydrogen) atoms. The van der Waals surface area contributed by atoms with Crippen molar-refractivity contribution in [3.8, 4) is 11.7 Å². The summed E-state index contributed by atoms with van der Waals surface area (Å²) < 4.78 is 46.6. The fourth-order valence-corrected chi connectivity index (χ4v) is 2.96. The topological polar surface area (TPSA) is 102 Å². The number of hydrogen-bond donors (Lipinski definition) is 1. The van der Waals surface area contributed by atoms with E-state index in [1.807, 2.05) is 0 Å². The predicted molar refractivity (Wildman–Crippen MR) is 108 cm³/mol. The van der Waals surface area contributed by atoms with E-state index in [-0.39, 0.29) is 33.9 Å². The van der Waals surface area contributed by atoms with Gasteiger partial charge >= 0.3 is 6.18 Å². The first-order chi connectivity index (χ1) is 15.0. The quantitative estimate of drug-likeness (QED) is 0.616. The highest BCUT2D eigenvalue weighted by molar-refractivity contribution is 6.34. The van der Waals surface area contributed by atoms with Gasteiger partial charge in [-0.15, -0.1) is 10.2 Å². The number of halogens is 4. The van der Waals surface area contributed by atoms with Crippen LogP contribution in [0.5, 0.6) is 5.88 Å². The molecule has 0 saturated carbocycles. The largest absolute Gasteiger partial charge is 0.480 e. The van der Waals surface area contributed by atoms with Crippen molar-refractivity contribution in [3.63, 3.8) is 0 Å². The van der Waals surface area contributed by atoms with Crippen molar-refractivity contribution in [2.24, 2.45) is 0 Å². The molecule has 0 fully saturated rings. The first-order valence-electron chi connectivity index (χ1n) is 8.88. The standard InChI is InChI=1S/C19H16ClF3N6O3/c1-28(2)18(31)11-5-4-10(8-13(11)20)25-17(30)12-9-24-29(16(12)19(21,22)23)14-6-7-15(32-3)27-26-14/h4-9H,1-3H3,(H,25,30). The molecule has 2 amide bonds. The SMILES string of the molecule is COc1ccc(-n2ncc(C(=O)Nc3ccc(C(=O)N(C)C)c(Cl)c3)c2C(F)(F)F)nn1. The van der Waals surface area contributed by atoms with Crippen LogP contribution in [0.1, 0.15) is 26.4 Å². The third-order valence-corrected chi connectivity index (χ3v) is 4.51. The van der Waals surface area contributed by atoms with Gasteiger partial charge < -0.3 is 15.0 Å². The molecule has 9 nitrogen and oxygen atoms in total. The Morgan fingerprint density at radius 3 is 2.38 bits per heavy atom. The maximum absolute atomic E-state index is 13.8. The van der Waals surface area contributed by atoms with Crippen molar-refractivity contribution in [2.45, 2.75) is 6.18 Å². The summed E-state index contributed by atoms with van der Waals surface area (Å²) in [7, 11) is 4.41. The molecule has 3 rings (SSSR count). The number of methoxy groups -OCH3 is 1. The van der Waals surface area contributed by atoms with Gasteiger partial charge in [0, 0.05) is 25.8 Å². The van der Waals surface area contributed by atoms with Crippen molar-refractivity contribution >= 4 is 29.1 Å². The van der Waals surface area contributed by atoms with Crippen LogP contribution in [-0.4, -0.2) is 57.9 Å². The molecule has 2 aromatic heterocycles. The molecular formula is C19H16ClF3N6O3. The van der Waals surface area contributed by atoms with Crippen LogP contribution in [0, 0.1) is 0 Å². The molecular weight excluding hydrogens is 453 g/mol. The maximum Gasteiger partial charge on any atom is 0.434 e. The minimum atomic E-state index is -4.93. The second kappa shape index (κ2) is 8.83. The highest BCUT2D eigenvalue weighted by Crippen LogP contribution is 2.34. The Morgan fingerprint density at radius 2 is 1.84 bits per heavy atom.